The van der Waals surface area contributed by atoms with Gasteiger partial charge in [-0.25, -0.2) is 8.42 Å². The fourth-order valence-electron chi connectivity index (χ4n) is 8.64. The third-order valence-corrected chi connectivity index (χ3v) is 22.7. The van der Waals surface area contributed by atoms with Crippen LogP contribution in [0.15, 0.2) is 253 Å². The minimum Gasteiger partial charge on any atom is -0.741 e. The van der Waals surface area contributed by atoms with E-state index in [1.54, 1.807) is 14.2 Å². The molecule has 0 radical (unpaired) electrons. The average Bonchev–Trinajstić information content (AvgIpc) is 4.36. The number of benzene rings is 9. The largest absolute Gasteiger partial charge is 0.741 e. The zero-order chi connectivity index (χ0) is 53.8. The predicted octanol–water partition coefficient (Wildman–Crippen LogP) is 13.3. The zero-order valence-electron chi connectivity index (χ0n) is 41.8. The number of thiophene rings is 2. The van der Waals surface area contributed by atoms with E-state index in [2.05, 4.69) is 236 Å². The van der Waals surface area contributed by atoms with E-state index >= 15 is 0 Å². The van der Waals surface area contributed by atoms with Crippen LogP contribution in [-0.4, -0.2) is 48.5 Å². The van der Waals surface area contributed by atoms with E-state index in [-0.39, 0.29) is 36.9 Å². The molecule has 0 fully saturated rings. The Bertz CT molecular complexity index is 3490. The van der Waals surface area contributed by atoms with Crippen molar-refractivity contribution in [3.63, 3.8) is 0 Å². The molecule has 12 rings (SSSR count). The first kappa shape index (κ1) is 58.1. The Morgan fingerprint density at radius 1 is 0.487 bits per heavy atom. The summed E-state index contributed by atoms with van der Waals surface area (Å²) in [7, 11) is -4.43. The number of methoxy groups -OCH3 is 2. The molecule has 0 saturated heterocycles. The summed E-state index contributed by atoms with van der Waals surface area (Å²) in [4.78, 5) is 0. The molecule has 0 atom stereocenters. The summed E-state index contributed by atoms with van der Waals surface area (Å²) in [6.45, 7) is 0. The van der Waals surface area contributed by atoms with Crippen molar-refractivity contribution in [2.75, 3.05) is 18.0 Å². The van der Waals surface area contributed by atoms with Gasteiger partial charge in [-0.2, -0.15) is 13.2 Å². The number of hydrogen-bond acceptors (Lipinski definition) is 8. The minimum atomic E-state index is -6.09. The molecule has 0 bridgehead atoms. The fourth-order valence-corrected chi connectivity index (χ4v) is 18.4. The summed E-state index contributed by atoms with van der Waals surface area (Å²) in [6.07, 6.45) is 0. The molecule has 0 saturated carbocycles. The van der Waals surface area contributed by atoms with Crippen molar-refractivity contribution in [3.8, 4) is 11.5 Å². The number of rotatable bonds is 10. The Labute approximate surface area is 483 Å². The Morgan fingerprint density at radius 3 is 1.12 bits per heavy atom. The number of anilines is 2. The third kappa shape index (κ3) is 13.8. The Hall–Kier alpha value is -6.09. The summed E-state index contributed by atoms with van der Waals surface area (Å²) in [5.74, 6) is 1.75. The monoisotopic (exact) mass is 1380 g/mol. The quantitative estimate of drug-likeness (QED) is 0.0587. The van der Waals surface area contributed by atoms with Crippen LogP contribution >= 0.6 is 38.5 Å². The summed E-state index contributed by atoms with van der Waals surface area (Å²) in [5.41, 5.74) is -0.640. The van der Waals surface area contributed by atoms with Gasteiger partial charge in [0.2, 0.25) is 0 Å². The maximum atomic E-state index is 10.7. The van der Waals surface area contributed by atoms with Crippen molar-refractivity contribution in [2.45, 2.75) is 5.51 Å². The van der Waals surface area contributed by atoms with Gasteiger partial charge in [0.1, 0.15) is 31.8 Å². The van der Waals surface area contributed by atoms with Crippen LogP contribution in [-0.2, 0) is 31.2 Å². The smallest absolute Gasteiger partial charge is 0.485 e. The van der Waals surface area contributed by atoms with E-state index in [9.17, 15) is 13.2 Å². The standard InChI is InChI=1S/C24H18AsN2O2S2.2C18H15P.CHF3O3S.Pt/c1-28-17-7-3-15(4-8-17)26-21-19-11-13-30-23(19)24-20(12-14-31-24)22(21)27(25-26)16-5-9-18(29-2)10-6-16;2*1-4-10-16(11-5-1)19(17-12-6-2-7-13-17)18-14-8-3-9-15-18;2-1(3,4)8(5,6)7;/h3-14H,1-2H3;2*1-15H;(H,5,6,7);/q+1;;;;/p+1. The third-order valence-electron chi connectivity index (χ3n) is 12.2. The Balaban J connectivity index is 0.000000149. The minimum absolute atomic E-state index is 0. The van der Waals surface area contributed by atoms with Gasteiger partial charge in [0.15, 0.2) is 10.1 Å². The first-order valence-electron chi connectivity index (χ1n) is 24.0. The van der Waals surface area contributed by atoms with Crippen LogP contribution < -0.4 is 48.6 Å². The molecule has 0 N–H and O–H groups in total. The van der Waals surface area contributed by atoms with Crippen molar-refractivity contribution >= 4 is 139 Å². The van der Waals surface area contributed by atoms with Crippen molar-refractivity contribution < 1.29 is 56.7 Å². The number of nitrogens with zero attached hydrogens (tertiary/aromatic N) is 2. The van der Waals surface area contributed by atoms with Crippen LogP contribution in [0.2, 0.25) is 0 Å². The topological polar surface area (TPSA) is 81.9 Å². The molecule has 9 aromatic carbocycles. The Morgan fingerprint density at radius 2 is 0.795 bits per heavy atom. The van der Waals surface area contributed by atoms with Crippen LogP contribution in [0.3, 0.4) is 0 Å². The molecule has 1 aliphatic rings. The van der Waals surface area contributed by atoms with Gasteiger partial charge in [-0.15, -0.1) is 0 Å². The molecule has 0 aliphatic carbocycles. The molecule has 0 spiro atoms. The molecular formula is C61H50AsF3N2O5P2PtS3+2. The van der Waals surface area contributed by atoms with Crippen LogP contribution in [0.4, 0.5) is 35.9 Å². The van der Waals surface area contributed by atoms with Crippen LogP contribution in [0.25, 0.3) is 20.2 Å². The van der Waals surface area contributed by atoms with E-state index in [1.165, 1.54) is 74.7 Å². The van der Waals surface area contributed by atoms with E-state index in [0.717, 1.165) is 11.5 Å². The zero-order valence-corrected chi connectivity index (χ0v) is 50.4. The van der Waals surface area contributed by atoms with Gasteiger partial charge in [-0.3, -0.25) is 0 Å². The van der Waals surface area contributed by atoms with Gasteiger partial charge < -0.3 is 4.55 Å². The summed E-state index contributed by atoms with van der Waals surface area (Å²) < 4.78 is 77.4. The molecule has 7 nitrogen and oxygen atoms in total. The van der Waals surface area contributed by atoms with Crippen LogP contribution in [0.1, 0.15) is 0 Å². The molecule has 2 aromatic heterocycles. The van der Waals surface area contributed by atoms with E-state index in [1.807, 2.05) is 46.9 Å². The second kappa shape index (κ2) is 27.2. The van der Waals surface area contributed by atoms with Crippen molar-refractivity contribution in [1.82, 2.24) is 3.44 Å². The SMILES string of the molecule is COc1ccc(N2[As]=[N+](c3ccc(OC)cc3)c3c2c2ccsc2c2sccc32)cc1.O=S(=O)([O-])C(F)(F)F.[Pt].c1ccc([PH+](c2ccccc2)c2ccccc2)cc1.c1ccc([PH+](c2ccccc2)c2ccccc2)cc1. The molecule has 0 unspecified atom stereocenters. The molecule has 0 amide bonds. The number of halogens is 3. The van der Waals surface area contributed by atoms with Crippen molar-refractivity contribution in [3.05, 3.63) is 253 Å². The van der Waals surface area contributed by atoms with Gasteiger partial charge in [0.05, 0.1) is 15.8 Å². The summed E-state index contributed by atoms with van der Waals surface area (Å²) in [6, 6.07) is 86.3. The summed E-state index contributed by atoms with van der Waals surface area (Å²) in [5, 5.41) is 15.7. The number of ether oxygens (including phenoxy) is 2. The number of alkyl halides is 3. The fraction of sp³-hybridized carbons (Fsp3) is 0.0492. The van der Waals surface area contributed by atoms with Gasteiger partial charge in [0, 0.05) is 21.1 Å². The molecule has 78 heavy (non-hydrogen) atoms. The van der Waals surface area contributed by atoms with Gasteiger partial charge in [0.25, 0.3) is 0 Å². The van der Waals surface area contributed by atoms with E-state index in [4.69, 9.17) is 22.4 Å². The van der Waals surface area contributed by atoms with Gasteiger partial charge in [-0.1, -0.05) is 109 Å². The van der Waals surface area contributed by atoms with Gasteiger partial charge >= 0.3 is 201 Å². The molecule has 3 heterocycles. The normalized spacial score (nSPS) is 11.9. The second-order valence-electron chi connectivity index (χ2n) is 17.0. The van der Waals surface area contributed by atoms with E-state index in [0.29, 0.717) is 0 Å². The maximum absolute atomic E-state index is 10.7. The molecule has 1 aliphatic heterocycles. The van der Waals surface area contributed by atoms with Crippen LogP contribution in [0.5, 0.6) is 11.5 Å². The van der Waals surface area contributed by atoms with Crippen molar-refractivity contribution in [1.29, 1.82) is 0 Å². The molecule has 11 aromatic rings. The number of fused-ring (bicyclic) bond motifs is 6. The first-order valence-corrected chi connectivity index (χ1v) is 31.9. The maximum Gasteiger partial charge on any atom is 0.485 e. The predicted molar refractivity (Wildman–Crippen MR) is 321 cm³/mol. The van der Waals surface area contributed by atoms with Gasteiger partial charge in [-0.05, 0) is 72.8 Å². The first-order chi connectivity index (χ1) is 37.4. The van der Waals surface area contributed by atoms with Crippen LogP contribution in [0, 0.1) is 0 Å². The molecule has 396 valence electrons. The molecule has 17 heteroatoms. The van der Waals surface area contributed by atoms with Crippen molar-refractivity contribution in [2.24, 2.45) is 0 Å². The average molecular weight is 1380 g/mol. The Kier molecular flexibility index (Phi) is 20.2. The van der Waals surface area contributed by atoms with E-state index < -0.39 is 31.5 Å². The second-order valence-corrected chi connectivity index (χ2v) is 27.2. The summed E-state index contributed by atoms with van der Waals surface area (Å²) >= 11 is 3.33. The number of hydrogen-bond donors (Lipinski definition) is 0. The molecular weight excluding hydrogens is 1330 g/mol.